The smallest absolute Gasteiger partial charge is 0.0509 e. The molecule has 0 aromatic carbocycles. The molecule has 0 radical (unpaired) electrons. The number of hydrogen-bond donors (Lipinski definition) is 1. The van der Waals surface area contributed by atoms with Crippen molar-refractivity contribution in [2.45, 2.75) is 32.2 Å². The molecule has 1 saturated heterocycles. The van der Waals surface area contributed by atoms with E-state index in [1.807, 2.05) is 0 Å². The number of ether oxygens (including phenoxy) is 1. The van der Waals surface area contributed by atoms with Crippen LogP contribution >= 0.6 is 0 Å². The molecular weight excluding hydrogens is 226 g/mol. The van der Waals surface area contributed by atoms with E-state index < -0.39 is 0 Å². The highest BCUT2D eigenvalue weighted by molar-refractivity contribution is 4.81. The molecule has 1 aliphatic rings. The lowest BCUT2D eigenvalue weighted by atomic mass is 9.92. The Kier molecular flexibility index (Phi) is 7.82. The van der Waals surface area contributed by atoms with Gasteiger partial charge in [-0.15, -0.1) is 0 Å². The molecule has 1 aliphatic heterocycles. The Morgan fingerprint density at radius 2 is 2.11 bits per heavy atom. The minimum atomic E-state index is 0.498. The van der Waals surface area contributed by atoms with Crippen molar-refractivity contribution in [1.29, 1.82) is 0 Å². The normalized spacial score (nSPS) is 22.7. The number of nitrogens with two attached hydrogens (primary N) is 1. The fourth-order valence-electron chi connectivity index (χ4n) is 2.86. The van der Waals surface area contributed by atoms with E-state index in [1.165, 1.54) is 19.3 Å². The summed E-state index contributed by atoms with van der Waals surface area (Å²) in [5, 5.41) is 0. The van der Waals surface area contributed by atoms with Crippen LogP contribution in [-0.4, -0.2) is 69.3 Å². The van der Waals surface area contributed by atoms with Gasteiger partial charge >= 0.3 is 0 Å². The van der Waals surface area contributed by atoms with Crippen molar-refractivity contribution in [3.05, 3.63) is 0 Å². The van der Waals surface area contributed by atoms with Crippen LogP contribution in [0.5, 0.6) is 0 Å². The Bertz CT molecular complexity index is 205. The molecule has 0 aromatic heterocycles. The molecule has 0 amide bonds. The van der Waals surface area contributed by atoms with Gasteiger partial charge in [0.05, 0.1) is 6.61 Å². The maximum Gasteiger partial charge on any atom is 0.0509 e. The average molecular weight is 257 g/mol. The standard InChI is InChI=1S/C14H31N3O/c1-4-17(9-6-8-16(2)3)14(11-15)13-7-5-10-18-12-13/h13-14H,4-12,15H2,1-3H3. The molecule has 0 bridgehead atoms. The van der Waals surface area contributed by atoms with Crippen LogP contribution in [0, 0.1) is 5.92 Å². The summed E-state index contributed by atoms with van der Waals surface area (Å²) in [7, 11) is 4.26. The third kappa shape index (κ3) is 5.22. The molecule has 2 unspecified atom stereocenters. The van der Waals surface area contributed by atoms with Gasteiger partial charge in [-0.1, -0.05) is 6.92 Å². The van der Waals surface area contributed by atoms with Crippen LogP contribution in [-0.2, 0) is 4.74 Å². The first-order chi connectivity index (χ1) is 8.69. The lowest BCUT2D eigenvalue weighted by Crippen LogP contribution is -2.48. The van der Waals surface area contributed by atoms with E-state index in [9.17, 15) is 0 Å². The van der Waals surface area contributed by atoms with Gasteiger partial charge in [-0.3, -0.25) is 4.90 Å². The summed E-state index contributed by atoms with van der Waals surface area (Å²) in [5.41, 5.74) is 6.00. The summed E-state index contributed by atoms with van der Waals surface area (Å²) in [4.78, 5) is 4.79. The first-order valence-electron chi connectivity index (χ1n) is 7.35. The van der Waals surface area contributed by atoms with Crippen molar-refractivity contribution >= 4 is 0 Å². The van der Waals surface area contributed by atoms with E-state index in [0.29, 0.717) is 12.0 Å². The van der Waals surface area contributed by atoms with Gasteiger partial charge in [0.15, 0.2) is 0 Å². The third-order valence-electron chi connectivity index (χ3n) is 3.91. The predicted molar refractivity (Wildman–Crippen MR) is 76.8 cm³/mol. The van der Waals surface area contributed by atoms with Gasteiger partial charge in [0.25, 0.3) is 0 Å². The van der Waals surface area contributed by atoms with Crippen molar-refractivity contribution < 1.29 is 4.74 Å². The quantitative estimate of drug-likeness (QED) is 0.705. The van der Waals surface area contributed by atoms with Gasteiger partial charge in [-0.05, 0) is 58.9 Å². The summed E-state index contributed by atoms with van der Waals surface area (Å²) in [6.07, 6.45) is 3.67. The van der Waals surface area contributed by atoms with Gasteiger partial charge in [-0.25, -0.2) is 0 Å². The first kappa shape index (κ1) is 15.9. The van der Waals surface area contributed by atoms with Crippen LogP contribution in [0.1, 0.15) is 26.2 Å². The summed E-state index contributed by atoms with van der Waals surface area (Å²) in [6, 6.07) is 0.498. The molecule has 1 rings (SSSR count). The number of hydrogen-bond acceptors (Lipinski definition) is 4. The fourth-order valence-corrected chi connectivity index (χ4v) is 2.86. The Morgan fingerprint density at radius 1 is 1.33 bits per heavy atom. The van der Waals surface area contributed by atoms with Crippen LogP contribution in [0.3, 0.4) is 0 Å². The monoisotopic (exact) mass is 257 g/mol. The SMILES string of the molecule is CCN(CCCN(C)C)C(CN)C1CCCOC1. The predicted octanol–water partition coefficient (Wildman–Crippen LogP) is 1.01. The molecule has 0 spiro atoms. The van der Waals surface area contributed by atoms with E-state index in [4.69, 9.17) is 10.5 Å². The molecule has 4 nitrogen and oxygen atoms in total. The van der Waals surface area contributed by atoms with Gasteiger partial charge in [-0.2, -0.15) is 0 Å². The largest absolute Gasteiger partial charge is 0.381 e. The van der Waals surface area contributed by atoms with Crippen LogP contribution in [0.15, 0.2) is 0 Å². The van der Waals surface area contributed by atoms with E-state index >= 15 is 0 Å². The Hall–Kier alpha value is -0.160. The van der Waals surface area contributed by atoms with E-state index in [0.717, 1.165) is 39.4 Å². The molecule has 1 heterocycles. The van der Waals surface area contributed by atoms with Gasteiger partial charge in [0.2, 0.25) is 0 Å². The highest BCUT2D eigenvalue weighted by Crippen LogP contribution is 2.21. The minimum Gasteiger partial charge on any atom is -0.381 e. The number of likely N-dealkylation sites (N-methyl/N-ethyl adjacent to an activating group) is 1. The molecule has 0 aliphatic carbocycles. The zero-order chi connectivity index (χ0) is 13.4. The van der Waals surface area contributed by atoms with E-state index in [1.54, 1.807) is 0 Å². The fraction of sp³-hybridized carbons (Fsp3) is 1.00. The molecule has 2 atom stereocenters. The Labute approximate surface area is 112 Å². The van der Waals surface area contributed by atoms with E-state index in [-0.39, 0.29) is 0 Å². The highest BCUT2D eigenvalue weighted by Gasteiger charge is 2.27. The summed E-state index contributed by atoms with van der Waals surface area (Å²) >= 11 is 0. The summed E-state index contributed by atoms with van der Waals surface area (Å²) in [5.74, 6) is 0.628. The van der Waals surface area contributed by atoms with Crippen LogP contribution in [0.4, 0.5) is 0 Å². The maximum atomic E-state index is 6.00. The number of nitrogens with zero attached hydrogens (tertiary/aromatic N) is 2. The first-order valence-corrected chi connectivity index (χ1v) is 7.35. The summed E-state index contributed by atoms with van der Waals surface area (Å²) < 4.78 is 5.61. The van der Waals surface area contributed by atoms with Gasteiger partial charge in [0, 0.05) is 19.2 Å². The topological polar surface area (TPSA) is 41.7 Å². The second-order valence-corrected chi connectivity index (χ2v) is 5.57. The zero-order valence-electron chi connectivity index (χ0n) is 12.4. The average Bonchev–Trinajstić information content (AvgIpc) is 2.38. The minimum absolute atomic E-state index is 0.498. The van der Waals surface area contributed by atoms with Gasteiger partial charge < -0.3 is 15.4 Å². The maximum absolute atomic E-state index is 6.00. The van der Waals surface area contributed by atoms with Crippen molar-refractivity contribution in [2.24, 2.45) is 11.7 Å². The van der Waals surface area contributed by atoms with Crippen molar-refractivity contribution in [2.75, 3.05) is 53.5 Å². The van der Waals surface area contributed by atoms with Crippen molar-refractivity contribution in [1.82, 2.24) is 9.80 Å². The van der Waals surface area contributed by atoms with Gasteiger partial charge in [0.1, 0.15) is 0 Å². The van der Waals surface area contributed by atoms with Crippen molar-refractivity contribution in [3.63, 3.8) is 0 Å². The Balaban J connectivity index is 2.42. The molecule has 0 saturated carbocycles. The molecule has 1 fully saturated rings. The highest BCUT2D eigenvalue weighted by atomic mass is 16.5. The molecule has 4 heteroatoms. The zero-order valence-corrected chi connectivity index (χ0v) is 12.4. The lowest BCUT2D eigenvalue weighted by molar-refractivity contribution is 0.0117. The lowest BCUT2D eigenvalue weighted by Gasteiger charge is -2.37. The molecule has 2 N–H and O–H groups in total. The Morgan fingerprint density at radius 3 is 2.61 bits per heavy atom. The molecule has 18 heavy (non-hydrogen) atoms. The molecule has 108 valence electrons. The second kappa shape index (κ2) is 8.86. The van der Waals surface area contributed by atoms with Crippen molar-refractivity contribution in [3.8, 4) is 0 Å². The number of rotatable bonds is 8. The summed E-state index contributed by atoms with van der Waals surface area (Å²) in [6.45, 7) is 8.20. The molecular formula is C14H31N3O. The molecule has 0 aromatic rings. The van der Waals surface area contributed by atoms with Crippen LogP contribution in [0.25, 0.3) is 0 Å². The van der Waals surface area contributed by atoms with E-state index in [2.05, 4.69) is 30.8 Å². The van der Waals surface area contributed by atoms with Crippen LogP contribution < -0.4 is 5.73 Å². The second-order valence-electron chi connectivity index (χ2n) is 5.57. The third-order valence-corrected chi connectivity index (χ3v) is 3.91. The van der Waals surface area contributed by atoms with Crippen LogP contribution in [0.2, 0.25) is 0 Å².